The highest BCUT2D eigenvalue weighted by molar-refractivity contribution is 9.09. The zero-order chi connectivity index (χ0) is 13.1. The fraction of sp³-hybridized carbons (Fsp3) is 0.500. The fourth-order valence-corrected chi connectivity index (χ4v) is 3.00. The molecular weight excluding hydrogens is 292 g/mol. The Morgan fingerprint density at radius 3 is 2.61 bits per heavy atom. The average Bonchev–Trinajstić information content (AvgIpc) is 2.86. The minimum Gasteiger partial charge on any atom is -0.378 e. The number of carbonyl (C=O) groups excluding carboxylic acids is 1. The summed E-state index contributed by atoms with van der Waals surface area (Å²) in [4.78, 5) is 16.4. The highest BCUT2D eigenvalue weighted by Gasteiger charge is 2.28. The van der Waals surface area contributed by atoms with Gasteiger partial charge in [0.25, 0.3) is 5.91 Å². The molecule has 0 bridgehead atoms. The van der Waals surface area contributed by atoms with Crippen LogP contribution in [0.1, 0.15) is 23.2 Å². The minimum absolute atomic E-state index is 0.155. The van der Waals surface area contributed by atoms with Gasteiger partial charge in [-0.15, -0.1) is 0 Å². The summed E-state index contributed by atoms with van der Waals surface area (Å²) in [5, 5.41) is 0.870. The maximum atomic E-state index is 12.4. The summed E-state index contributed by atoms with van der Waals surface area (Å²) in [7, 11) is 4.00. The standard InChI is InChI=1S/C14H19BrN2O/c1-16(2)12-7-5-11(6-8-12)14(18)17-9-3-4-13(17)10-15/h5-8,13H,3-4,9-10H2,1-2H3. The van der Waals surface area contributed by atoms with Crippen molar-refractivity contribution in [2.45, 2.75) is 18.9 Å². The number of anilines is 1. The van der Waals surface area contributed by atoms with Crippen molar-refractivity contribution in [2.24, 2.45) is 0 Å². The first kappa shape index (κ1) is 13.4. The molecule has 0 saturated carbocycles. The van der Waals surface area contributed by atoms with E-state index in [1.165, 1.54) is 0 Å². The third-order valence-electron chi connectivity index (χ3n) is 3.45. The van der Waals surface area contributed by atoms with Gasteiger partial charge in [-0.2, -0.15) is 0 Å². The number of benzene rings is 1. The van der Waals surface area contributed by atoms with Gasteiger partial charge in [0, 0.05) is 43.3 Å². The zero-order valence-corrected chi connectivity index (χ0v) is 12.5. The zero-order valence-electron chi connectivity index (χ0n) is 10.9. The normalized spacial score (nSPS) is 19.1. The van der Waals surface area contributed by atoms with Gasteiger partial charge < -0.3 is 9.80 Å². The average molecular weight is 311 g/mol. The van der Waals surface area contributed by atoms with E-state index in [-0.39, 0.29) is 5.91 Å². The Labute approximate surface area is 117 Å². The first-order valence-electron chi connectivity index (χ1n) is 6.28. The quantitative estimate of drug-likeness (QED) is 0.802. The Morgan fingerprint density at radius 2 is 2.06 bits per heavy atom. The lowest BCUT2D eigenvalue weighted by Crippen LogP contribution is -2.36. The molecule has 0 N–H and O–H groups in total. The van der Waals surface area contributed by atoms with E-state index in [0.29, 0.717) is 6.04 Å². The molecule has 98 valence electrons. The number of hydrogen-bond acceptors (Lipinski definition) is 2. The molecule has 0 aliphatic carbocycles. The Kier molecular flexibility index (Phi) is 4.27. The molecule has 3 nitrogen and oxygen atoms in total. The van der Waals surface area contributed by atoms with Crippen molar-refractivity contribution in [2.75, 3.05) is 30.9 Å². The van der Waals surface area contributed by atoms with E-state index in [1.807, 2.05) is 48.2 Å². The van der Waals surface area contributed by atoms with Gasteiger partial charge in [-0.05, 0) is 37.1 Å². The topological polar surface area (TPSA) is 23.6 Å². The van der Waals surface area contributed by atoms with Crippen molar-refractivity contribution in [1.82, 2.24) is 4.90 Å². The SMILES string of the molecule is CN(C)c1ccc(C(=O)N2CCCC2CBr)cc1. The van der Waals surface area contributed by atoms with Gasteiger partial charge in [0.2, 0.25) is 0 Å². The molecule has 4 heteroatoms. The monoisotopic (exact) mass is 310 g/mol. The van der Waals surface area contributed by atoms with E-state index in [2.05, 4.69) is 15.9 Å². The molecule has 18 heavy (non-hydrogen) atoms. The maximum absolute atomic E-state index is 12.4. The van der Waals surface area contributed by atoms with Crippen LogP contribution in [-0.2, 0) is 0 Å². The summed E-state index contributed by atoms with van der Waals surface area (Å²) in [5.74, 6) is 0.155. The second-order valence-electron chi connectivity index (χ2n) is 4.89. The third kappa shape index (κ3) is 2.69. The molecule has 1 aliphatic rings. The van der Waals surface area contributed by atoms with E-state index >= 15 is 0 Å². The van der Waals surface area contributed by atoms with Crippen molar-refractivity contribution >= 4 is 27.5 Å². The van der Waals surface area contributed by atoms with Crippen LogP contribution in [0, 0.1) is 0 Å². The van der Waals surface area contributed by atoms with Crippen LogP contribution in [0.25, 0.3) is 0 Å². The molecule has 2 rings (SSSR count). The second-order valence-corrected chi connectivity index (χ2v) is 5.54. The van der Waals surface area contributed by atoms with Gasteiger partial charge in [0.1, 0.15) is 0 Å². The van der Waals surface area contributed by atoms with Gasteiger partial charge >= 0.3 is 0 Å². The predicted octanol–water partition coefficient (Wildman–Crippen LogP) is 2.75. The molecule has 1 fully saturated rings. The molecule has 1 atom stereocenters. The number of likely N-dealkylation sites (tertiary alicyclic amines) is 1. The predicted molar refractivity (Wildman–Crippen MR) is 78.6 cm³/mol. The molecule has 1 heterocycles. The smallest absolute Gasteiger partial charge is 0.254 e. The summed E-state index contributed by atoms with van der Waals surface area (Å²) in [5.41, 5.74) is 1.90. The lowest BCUT2D eigenvalue weighted by atomic mass is 10.1. The first-order chi connectivity index (χ1) is 8.63. The lowest BCUT2D eigenvalue weighted by Gasteiger charge is -2.23. The Balaban J connectivity index is 2.13. The number of amides is 1. The number of halogens is 1. The van der Waals surface area contributed by atoms with E-state index < -0.39 is 0 Å². The van der Waals surface area contributed by atoms with Crippen LogP contribution in [0.4, 0.5) is 5.69 Å². The van der Waals surface area contributed by atoms with Crippen LogP contribution >= 0.6 is 15.9 Å². The van der Waals surface area contributed by atoms with Crippen LogP contribution in [0.3, 0.4) is 0 Å². The molecule has 1 amide bonds. The van der Waals surface area contributed by atoms with E-state index in [9.17, 15) is 4.79 Å². The second kappa shape index (κ2) is 5.74. The van der Waals surface area contributed by atoms with E-state index in [1.54, 1.807) is 0 Å². The van der Waals surface area contributed by atoms with Crippen LogP contribution in [0.15, 0.2) is 24.3 Å². The van der Waals surface area contributed by atoms with Crippen molar-refractivity contribution in [3.63, 3.8) is 0 Å². The highest BCUT2D eigenvalue weighted by atomic mass is 79.9. The molecule has 1 unspecified atom stereocenters. The summed E-state index contributed by atoms with van der Waals surface area (Å²) >= 11 is 3.49. The van der Waals surface area contributed by atoms with Gasteiger partial charge in [0.15, 0.2) is 0 Å². The van der Waals surface area contributed by atoms with Crippen molar-refractivity contribution in [3.8, 4) is 0 Å². The van der Waals surface area contributed by atoms with Crippen molar-refractivity contribution in [1.29, 1.82) is 0 Å². The van der Waals surface area contributed by atoms with E-state index in [4.69, 9.17) is 0 Å². The molecule has 1 saturated heterocycles. The van der Waals surface area contributed by atoms with E-state index in [0.717, 1.165) is 36.0 Å². The highest BCUT2D eigenvalue weighted by Crippen LogP contribution is 2.22. The van der Waals surface area contributed by atoms with Crippen molar-refractivity contribution < 1.29 is 4.79 Å². The Hall–Kier alpha value is -1.03. The first-order valence-corrected chi connectivity index (χ1v) is 7.40. The number of carbonyl (C=O) groups is 1. The van der Waals surface area contributed by atoms with Crippen LogP contribution in [-0.4, -0.2) is 42.8 Å². The van der Waals surface area contributed by atoms with Crippen LogP contribution in [0.2, 0.25) is 0 Å². The number of nitrogens with zero attached hydrogens (tertiary/aromatic N) is 2. The molecule has 0 aromatic heterocycles. The van der Waals surface area contributed by atoms with Crippen molar-refractivity contribution in [3.05, 3.63) is 29.8 Å². The minimum atomic E-state index is 0.155. The molecule has 1 aromatic rings. The Morgan fingerprint density at radius 1 is 1.39 bits per heavy atom. The van der Waals surface area contributed by atoms with Gasteiger partial charge in [-0.25, -0.2) is 0 Å². The largest absolute Gasteiger partial charge is 0.378 e. The number of rotatable bonds is 3. The van der Waals surface area contributed by atoms with Crippen LogP contribution in [0.5, 0.6) is 0 Å². The maximum Gasteiger partial charge on any atom is 0.254 e. The summed E-state index contributed by atoms with van der Waals surface area (Å²) in [6.07, 6.45) is 2.21. The molecule has 1 aromatic carbocycles. The summed E-state index contributed by atoms with van der Waals surface area (Å²) < 4.78 is 0. The summed E-state index contributed by atoms with van der Waals surface area (Å²) in [6, 6.07) is 8.17. The van der Waals surface area contributed by atoms with Crippen LogP contribution < -0.4 is 4.90 Å². The summed E-state index contributed by atoms with van der Waals surface area (Å²) in [6.45, 7) is 0.879. The Bertz CT molecular complexity index is 416. The number of alkyl halides is 1. The van der Waals surface area contributed by atoms with Gasteiger partial charge in [-0.3, -0.25) is 4.79 Å². The van der Waals surface area contributed by atoms with Gasteiger partial charge in [-0.1, -0.05) is 15.9 Å². The molecule has 1 aliphatic heterocycles. The molecular formula is C14H19BrN2O. The fourth-order valence-electron chi connectivity index (χ4n) is 2.33. The van der Waals surface area contributed by atoms with Gasteiger partial charge in [0.05, 0.1) is 0 Å². The number of hydrogen-bond donors (Lipinski definition) is 0. The lowest BCUT2D eigenvalue weighted by molar-refractivity contribution is 0.0750. The molecule has 0 radical (unpaired) electrons. The third-order valence-corrected chi connectivity index (χ3v) is 4.19. The molecule has 0 spiro atoms.